The molecule has 1 saturated heterocycles. The number of nitrogens with zero attached hydrogens (tertiary/aromatic N) is 4. The van der Waals surface area contributed by atoms with Crippen LogP contribution in [0.25, 0.3) is 0 Å². The normalized spacial score (nSPS) is 14.6. The minimum atomic E-state index is -0.486. The van der Waals surface area contributed by atoms with Crippen LogP contribution in [0.15, 0.2) is 42.5 Å². The Morgan fingerprint density at radius 2 is 1.64 bits per heavy atom. The molecule has 1 heterocycles. The van der Waals surface area contributed by atoms with Crippen molar-refractivity contribution in [1.82, 2.24) is 0 Å². The molecule has 1 aliphatic rings. The Hall–Kier alpha value is -3.38. The second-order valence-electron chi connectivity index (χ2n) is 6.04. The van der Waals surface area contributed by atoms with Gasteiger partial charge < -0.3 is 4.90 Å². The highest BCUT2D eigenvalue weighted by Gasteiger charge is 2.27. The molecule has 0 amide bonds. The van der Waals surface area contributed by atoms with Crippen LogP contribution in [-0.2, 0) is 0 Å². The van der Waals surface area contributed by atoms with Gasteiger partial charge in [0.1, 0.15) is 17.8 Å². The van der Waals surface area contributed by atoms with Gasteiger partial charge in [-0.1, -0.05) is 30.3 Å². The number of anilines is 1. The van der Waals surface area contributed by atoms with Crippen LogP contribution in [0.2, 0.25) is 0 Å². The van der Waals surface area contributed by atoms with Crippen LogP contribution in [0.1, 0.15) is 35.4 Å². The summed E-state index contributed by atoms with van der Waals surface area (Å²) in [5.74, 6) is 0.435. The summed E-state index contributed by atoms with van der Waals surface area (Å²) in [6.07, 6.45) is 1.78. The Morgan fingerprint density at radius 1 is 1.04 bits per heavy atom. The molecule has 6 nitrogen and oxygen atoms in total. The Labute approximate surface area is 145 Å². The van der Waals surface area contributed by atoms with Gasteiger partial charge in [-0.25, -0.2) is 0 Å². The first-order valence-electron chi connectivity index (χ1n) is 8.06. The van der Waals surface area contributed by atoms with E-state index in [2.05, 4.69) is 12.1 Å². The van der Waals surface area contributed by atoms with Crippen molar-refractivity contribution >= 4 is 11.4 Å². The lowest BCUT2D eigenvalue weighted by Crippen LogP contribution is -2.33. The van der Waals surface area contributed by atoms with E-state index in [1.165, 1.54) is 17.7 Å². The molecule has 1 fully saturated rings. The molecule has 0 N–H and O–H groups in total. The van der Waals surface area contributed by atoms with Crippen LogP contribution in [0.4, 0.5) is 11.4 Å². The summed E-state index contributed by atoms with van der Waals surface area (Å²) in [5.41, 5.74) is 1.81. The highest BCUT2D eigenvalue weighted by molar-refractivity contribution is 5.70. The van der Waals surface area contributed by atoms with Crippen LogP contribution >= 0.6 is 0 Å². The molecule has 25 heavy (non-hydrogen) atoms. The molecule has 3 rings (SSSR count). The van der Waals surface area contributed by atoms with E-state index in [1.807, 2.05) is 35.2 Å². The summed E-state index contributed by atoms with van der Waals surface area (Å²) >= 11 is 0. The molecule has 2 aromatic carbocycles. The van der Waals surface area contributed by atoms with E-state index in [0.29, 0.717) is 24.7 Å². The number of nitriles is 2. The van der Waals surface area contributed by atoms with Gasteiger partial charge in [-0.2, -0.15) is 10.5 Å². The molecule has 0 saturated carbocycles. The third-order valence-electron chi connectivity index (χ3n) is 4.66. The van der Waals surface area contributed by atoms with Gasteiger partial charge in [0.05, 0.1) is 16.1 Å². The maximum absolute atomic E-state index is 11.4. The molecule has 0 radical (unpaired) electrons. The Kier molecular flexibility index (Phi) is 4.63. The average molecular weight is 332 g/mol. The van der Waals surface area contributed by atoms with Gasteiger partial charge in [0.15, 0.2) is 0 Å². The lowest BCUT2D eigenvalue weighted by atomic mass is 9.89. The maximum Gasteiger partial charge on any atom is 0.293 e. The zero-order valence-corrected chi connectivity index (χ0v) is 13.6. The van der Waals surface area contributed by atoms with Crippen molar-refractivity contribution in [2.24, 2.45) is 0 Å². The zero-order chi connectivity index (χ0) is 17.8. The van der Waals surface area contributed by atoms with Gasteiger partial charge in [-0.15, -0.1) is 0 Å². The summed E-state index contributed by atoms with van der Waals surface area (Å²) < 4.78 is 0. The fraction of sp³-hybridized carbons (Fsp3) is 0.263. The molecule has 2 aromatic rings. The Balaban J connectivity index is 1.87. The van der Waals surface area contributed by atoms with E-state index in [9.17, 15) is 15.4 Å². The molecular weight excluding hydrogens is 316 g/mol. The van der Waals surface area contributed by atoms with Crippen molar-refractivity contribution in [2.45, 2.75) is 18.8 Å². The van der Waals surface area contributed by atoms with Gasteiger partial charge in [0.2, 0.25) is 0 Å². The minimum Gasteiger partial charge on any atom is -0.366 e. The molecule has 6 heteroatoms. The predicted octanol–water partition coefficient (Wildman–Crippen LogP) is 3.72. The number of piperidine rings is 1. The fourth-order valence-electron chi connectivity index (χ4n) is 3.34. The van der Waals surface area contributed by atoms with E-state index in [1.54, 1.807) is 0 Å². The lowest BCUT2D eigenvalue weighted by molar-refractivity contribution is -0.384. The van der Waals surface area contributed by atoms with Crippen molar-refractivity contribution < 1.29 is 4.92 Å². The van der Waals surface area contributed by atoms with Gasteiger partial charge in [0, 0.05) is 19.2 Å². The van der Waals surface area contributed by atoms with Crippen molar-refractivity contribution in [3.63, 3.8) is 0 Å². The molecule has 0 atom stereocenters. The fourth-order valence-corrected chi connectivity index (χ4v) is 3.34. The first-order chi connectivity index (χ1) is 12.1. The van der Waals surface area contributed by atoms with Gasteiger partial charge in [0.25, 0.3) is 5.69 Å². The number of benzene rings is 2. The molecule has 0 aromatic heterocycles. The third-order valence-corrected chi connectivity index (χ3v) is 4.66. The number of nitro groups is 1. The second-order valence-corrected chi connectivity index (χ2v) is 6.04. The van der Waals surface area contributed by atoms with Gasteiger partial charge in [-0.3, -0.25) is 10.1 Å². The smallest absolute Gasteiger partial charge is 0.293 e. The van der Waals surface area contributed by atoms with Crippen LogP contribution in [0.3, 0.4) is 0 Å². The topological polar surface area (TPSA) is 94.0 Å². The number of hydrogen-bond acceptors (Lipinski definition) is 5. The van der Waals surface area contributed by atoms with E-state index in [4.69, 9.17) is 5.26 Å². The number of hydrogen-bond donors (Lipinski definition) is 0. The minimum absolute atomic E-state index is 0.0390. The summed E-state index contributed by atoms with van der Waals surface area (Å²) in [5, 5.41) is 29.7. The van der Waals surface area contributed by atoms with E-state index in [-0.39, 0.29) is 16.8 Å². The van der Waals surface area contributed by atoms with Gasteiger partial charge >= 0.3 is 0 Å². The van der Waals surface area contributed by atoms with E-state index >= 15 is 0 Å². The maximum atomic E-state index is 11.4. The molecule has 0 bridgehead atoms. The third kappa shape index (κ3) is 3.29. The SMILES string of the molecule is N#Cc1cc(N2CCC(c3ccccc3)CC2)c([N+](=O)[O-])cc1C#N. The average Bonchev–Trinajstić information content (AvgIpc) is 2.67. The van der Waals surface area contributed by atoms with Crippen LogP contribution in [0, 0.1) is 32.8 Å². The summed E-state index contributed by atoms with van der Waals surface area (Å²) in [6, 6.07) is 16.7. The second kappa shape index (κ2) is 7.02. The van der Waals surface area contributed by atoms with Crippen LogP contribution in [-0.4, -0.2) is 18.0 Å². The van der Waals surface area contributed by atoms with Crippen molar-refractivity contribution in [1.29, 1.82) is 10.5 Å². The van der Waals surface area contributed by atoms with Crippen molar-refractivity contribution in [2.75, 3.05) is 18.0 Å². The molecule has 0 aliphatic carbocycles. The largest absolute Gasteiger partial charge is 0.366 e. The zero-order valence-electron chi connectivity index (χ0n) is 13.6. The highest BCUT2D eigenvalue weighted by atomic mass is 16.6. The monoisotopic (exact) mass is 332 g/mol. The van der Waals surface area contributed by atoms with Crippen LogP contribution < -0.4 is 4.90 Å². The number of nitro benzene ring substituents is 1. The van der Waals surface area contributed by atoms with Gasteiger partial charge in [-0.05, 0) is 30.4 Å². The first-order valence-corrected chi connectivity index (χ1v) is 8.06. The Morgan fingerprint density at radius 3 is 2.20 bits per heavy atom. The number of rotatable bonds is 3. The molecule has 0 spiro atoms. The standard InChI is InChI=1S/C19H16N4O2/c20-12-16-10-18(19(23(24)25)11-17(16)13-21)22-8-6-15(7-9-22)14-4-2-1-3-5-14/h1-5,10-11,15H,6-9H2. The molecular formula is C19H16N4O2. The van der Waals surface area contributed by atoms with Crippen LogP contribution in [0.5, 0.6) is 0 Å². The molecule has 0 unspecified atom stereocenters. The quantitative estimate of drug-likeness (QED) is 0.630. The van der Waals surface area contributed by atoms with E-state index in [0.717, 1.165) is 12.8 Å². The summed E-state index contributed by atoms with van der Waals surface area (Å²) in [4.78, 5) is 12.9. The first kappa shape index (κ1) is 16.5. The summed E-state index contributed by atoms with van der Waals surface area (Å²) in [7, 11) is 0. The predicted molar refractivity (Wildman–Crippen MR) is 93.2 cm³/mol. The van der Waals surface area contributed by atoms with E-state index < -0.39 is 4.92 Å². The lowest BCUT2D eigenvalue weighted by Gasteiger charge is -2.33. The summed E-state index contributed by atoms with van der Waals surface area (Å²) in [6.45, 7) is 1.36. The molecule has 124 valence electrons. The highest BCUT2D eigenvalue weighted by Crippen LogP contribution is 2.36. The van der Waals surface area contributed by atoms with Crippen molar-refractivity contribution in [3.8, 4) is 12.1 Å². The van der Waals surface area contributed by atoms with Crippen molar-refractivity contribution in [3.05, 3.63) is 69.3 Å². The Bertz CT molecular complexity index is 873. The molecule has 1 aliphatic heterocycles.